The summed E-state index contributed by atoms with van der Waals surface area (Å²) in [7, 11) is 0. The molecule has 0 unspecified atom stereocenters. The van der Waals surface area contributed by atoms with E-state index >= 15 is 0 Å². The maximum Gasteiger partial charge on any atom is 0.335 e. The molecule has 1 aromatic heterocycles. The smallest absolute Gasteiger partial charge is 0.335 e. The molecule has 0 aliphatic rings. The van der Waals surface area contributed by atoms with E-state index in [1.165, 1.54) is 0 Å². The van der Waals surface area contributed by atoms with Crippen LogP contribution in [0.15, 0.2) is 47.1 Å². The lowest BCUT2D eigenvalue weighted by molar-refractivity contribution is -0.121. The summed E-state index contributed by atoms with van der Waals surface area (Å²) in [6.07, 6.45) is 3.25. The van der Waals surface area contributed by atoms with Crippen molar-refractivity contribution in [3.8, 4) is 0 Å². The Morgan fingerprint density at radius 1 is 1.10 bits per heavy atom. The molecule has 0 saturated carbocycles. The second kappa shape index (κ2) is 7.28. The number of furan rings is 1. The van der Waals surface area contributed by atoms with Crippen molar-refractivity contribution >= 4 is 11.9 Å². The molecule has 0 aliphatic carbocycles. The maximum absolute atomic E-state index is 11.7. The number of aryl methyl sites for hydroxylation is 1. The van der Waals surface area contributed by atoms with Crippen molar-refractivity contribution in [2.45, 2.75) is 19.3 Å². The lowest BCUT2D eigenvalue weighted by Gasteiger charge is -2.04. The van der Waals surface area contributed by atoms with Crippen LogP contribution in [0.2, 0.25) is 0 Å². The summed E-state index contributed by atoms with van der Waals surface area (Å²) in [6, 6.07) is 10.3. The zero-order valence-corrected chi connectivity index (χ0v) is 11.5. The topological polar surface area (TPSA) is 79.5 Å². The molecule has 0 bridgehead atoms. The SMILES string of the molecule is O=C(CCc1ccc(C(=O)O)cc1)NCCc1ccco1. The lowest BCUT2D eigenvalue weighted by atomic mass is 10.1. The fraction of sp³-hybridized carbons (Fsp3) is 0.250. The van der Waals surface area contributed by atoms with Crippen LogP contribution >= 0.6 is 0 Å². The van der Waals surface area contributed by atoms with Gasteiger partial charge in [0.1, 0.15) is 5.76 Å². The number of hydrogen-bond acceptors (Lipinski definition) is 3. The van der Waals surface area contributed by atoms with Crippen molar-refractivity contribution in [1.82, 2.24) is 5.32 Å². The first-order chi connectivity index (χ1) is 10.1. The van der Waals surface area contributed by atoms with Gasteiger partial charge in [-0.05, 0) is 36.2 Å². The number of carbonyl (C=O) groups is 2. The van der Waals surface area contributed by atoms with Gasteiger partial charge in [0.25, 0.3) is 0 Å². The fourth-order valence-corrected chi connectivity index (χ4v) is 1.94. The lowest BCUT2D eigenvalue weighted by Crippen LogP contribution is -2.25. The Bertz CT molecular complexity index is 587. The third-order valence-electron chi connectivity index (χ3n) is 3.12. The van der Waals surface area contributed by atoms with Gasteiger partial charge in [-0.2, -0.15) is 0 Å². The minimum absolute atomic E-state index is 0.0242. The van der Waals surface area contributed by atoms with E-state index in [4.69, 9.17) is 9.52 Å². The van der Waals surface area contributed by atoms with Gasteiger partial charge in [0.05, 0.1) is 11.8 Å². The molecule has 110 valence electrons. The highest BCUT2D eigenvalue weighted by atomic mass is 16.4. The van der Waals surface area contributed by atoms with E-state index in [9.17, 15) is 9.59 Å². The summed E-state index contributed by atoms with van der Waals surface area (Å²) in [6.45, 7) is 0.546. The van der Waals surface area contributed by atoms with Crippen LogP contribution in [0, 0.1) is 0 Å². The third kappa shape index (κ3) is 4.80. The molecule has 0 atom stereocenters. The van der Waals surface area contributed by atoms with Crippen LogP contribution in [0.5, 0.6) is 0 Å². The van der Waals surface area contributed by atoms with Crippen molar-refractivity contribution in [3.63, 3.8) is 0 Å². The predicted molar refractivity (Wildman–Crippen MR) is 77.1 cm³/mol. The van der Waals surface area contributed by atoms with Crippen molar-refractivity contribution in [2.24, 2.45) is 0 Å². The van der Waals surface area contributed by atoms with Crippen LogP contribution in [0.25, 0.3) is 0 Å². The molecule has 0 saturated heterocycles. The Morgan fingerprint density at radius 2 is 1.86 bits per heavy atom. The average Bonchev–Trinajstić information content (AvgIpc) is 2.99. The second-order valence-corrected chi connectivity index (χ2v) is 4.68. The number of benzene rings is 1. The van der Waals surface area contributed by atoms with Crippen LogP contribution in [-0.4, -0.2) is 23.5 Å². The monoisotopic (exact) mass is 287 g/mol. The van der Waals surface area contributed by atoms with Crippen molar-refractivity contribution in [2.75, 3.05) is 6.54 Å². The quantitative estimate of drug-likeness (QED) is 0.818. The van der Waals surface area contributed by atoms with E-state index in [-0.39, 0.29) is 11.5 Å². The molecule has 1 aromatic carbocycles. The van der Waals surface area contributed by atoms with Crippen LogP contribution in [-0.2, 0) is 17.6 Å². The average molecular weight is 287 g/mol. The zero-order chi connectivity index (χ0) is 15.1. The predicted octanol–water partition coefficient (Wildman–Crippen LogP) is 2.27. The van der Waals surface area contributed by atoms with Crippen molar-refractivity contribution in [3.05, 3.63) is 59.5 Å². The Kier molecular flexibility index (Phi) is 5.15. The molecule has 2 rings (SSSR count). The first-order valence-electron chi connectivity index (χ1n) is 6.76. The first kappa shape index (κ1) is 14.8. The van der Waals surface area contributed by atoms with Crippen LogP contribution < -0.4 is 5.32 Å². The minimum Gasteiger partial charge on any atom is -0.478 e. The van der Waals surface area contributed by atoms with Gasteiger partial charge < -0.3 is 14.8 Å². The number of aromatic carboxylic acids is 1. The number of carboxylic acid groups (broad SMARTS) is 1. The molecule has 2 N–H and O–H groups in total. The number of carboxylic acids is 1. The molecule has 0 spiro atoms. The number of carbonyl (C=O) groups excluding carboxylic acids is 1. The van der Waals surface area contributed by atoms with E-state index in [0.29, 0.717) is 25.8 Å². The van der Waals surface area contributed by atoms with Gasteiger partial charge in [-0.1, -0.05) is 12.1 Å². The van der Waals surface area contributed by atoms with E-state index in [1.54, 1.807) is 30.5 Å². The molecule has 0 radical (unpaired) electrons. The summed E-state index contributed by atoms with van der Waals surface area (Å²) in [5.74, 6) is -0.124. The highest BCUT2D eigenvalue weighted by Gasteiger charge is 2.05. The van der Waals surface area contributed by atoms with Crippen molar-refractivity contribution in [1.29, 1.82) is 0 Å². The zero-order valence-electron chi connectivity index (χ0n) is 11.5. The number of nitrogens with one attached hydrogen (secondary N) is 1. The Balaban J connectivity index is 1.69. The number of rotatable bonds is 7. The Morgan fingerprint density at radius 3 is 2.48 bits per heavy atom. The minimum atomic E-state index is -0.947. The number of amides is 1. The van der Waals surface area contributed by atoms with E-state index < -0.39 is 5.97 Å². The van der Waals surface area contributed by atoms with Crippen LogP contribution in [0.1, 0.15) is 28.1 Å². The van der Waals surface area contributed by atoms with Gasteiger partial charge >= 0.3 is 5.97 Å². The van der Waals surface area contributed by atoms with Crippen LogP contribution in [0.4, 0.5) is 0 Å². The van der Waals surface area contributed by atoms with Gasteiger partial charge in [0, 0.05) is 19.4 Å². The van der Waals surface area contributed by atoms with Crippen molar-refractivity contribution < 1.29 is 19.1 Å². The molecule has 5 heteroatoms. The highest BCUT2D eigenvalue weighted by molar-refractivity contribution is 5.87. The van der Waals surface area contributed by atoms with Gasteiger partial charge in [0.2, 0.25) is 5.91 Å². The summed E-state index contributed by atoms with van der Waals surface area (Å²) in [5.41, 5.74) is 1.20. The fourth-order valence-electron chi connectivity index (χ4n) is 1.94. The van der Waals surface area contributed by atoms with E-state index in [0.717, 1.165) is 11.3 Å². The van der Waals surface area contributed by atoms with Gasteiger partial charge in [0.15, 0.2) is 0 Å². The second-order valence-electron chi connectivity index (χ2n) is 4.68. The molecular formula is C16H17NO4. The number of hydrogen-bond donors (Lipinski definition) is 2. The molecule has 1 amide bonds. The molecule has 21 heavy (non-hydrogen) atoms. The van der Waals surface area contributed by atoms with Crippen LogP contribution in [0.3, 0.4) is 0 Å². The molecule has 0 fully saturated rings. The molecule has 0 aliphatic heterocycles. The summed E-state index contributed by atoms with van der Waals surface area (Å²) in [4.78, 5) is 22.4. The van der Waals surface area contributed by atoms with Gasteiger partial charge in [-0.25, -0.2) is 4.79 Å². The maximum atomic E-state index is 11.7. The Hall–Kier alpha value is -2.56. The van der Waals surface area contributed by atoms with E-state index in [1.807, 2.05) is 12.1 Å². The first-order valence-corrected chi connectivity index (χ1v) is 6.76. The van der Waals surface area contributed by atoms with Gasteiger partial charge in [-0.15, -0.1) is 0 Å². The summed E-state index contributed by atoms with van der Waals surface area (Å²) in [5, 5.41) is 11.6. The molecule has 5 nitrogen and oxygen atoms in total. The highest BCUT2D eigenvalue weighted by Crippen LogP contribution is 2.07. The summed E-state index contributed by atoms with van der Waals surface area (Å²) < 4.78 is 5.18. The molecule has 2 aromatic rings. The largest absolute Gasteiger partial charge is 0.478 e. The molecule has 1 heterocycles. The molecular weight excluding hydrogens is 270 g/mol. The van der Waals surface area contributed by atoms with E-state index in [2.05, 4.69) is 5.32 Å². The standard InChI is InChI=1S/C16H17NO4/c18-15(17-10-9-14-2-1-11-21-14)8-5-12-3-6-13(7-4-12)16(19)20/h1-4,6-7,11H,5,8-10H2,(H,17,18)(H,19,20). The third-order valence-corrected chi connectivity index (χ3v) is 3.12. The van der Waals surface area contributed by atoms with Gasteiger partial charge in [-0.3, -0.25) is 4.79 Å². The normalized spacial score (nSPS) is 10.3. The summed E-state index contributed by atoms with van der Waals surface area (Å²) >= 11 is 0. The Labute approximate surface area is 122 Å².